The number of hydrogen-bond acceptors (Lipinski definition) is 7. The third-order valence-corrected chi connectivity index (χ3v) is 5.78. The molecule has 4 heterocycles. The smallest absolute Gasteiger partial charge is 0.273 e. The minimum Gasteiger partial charge on any atom is -0.468 e. The number of rotatable bonds is 7. The lowest BCUT2D eigenvalue weighted by molar-refractivity contribution is 0.0914. The topological polar surface area (TPSA) is 87.9 Å². The molecule has 1 N–H and O–H groups in total. The summed E-state index contributed by atoms with van der Waals surface area (Å²) >= 11 is 0. The Labute approximate surface area is 189 Å². The van der Waals surface area contributed by atoms with E-state index < -0.39 is 0 Å². The van der Waals surface area contributed by atoms with Gasteiger partial charge in [0, 0.05) is 44.5 Å². The Kier molecular flexibility index (Phi) is 5.95. The molecule has 3 aromatic heterocycles. The molecule has 0 aliphatic carbocycles. The van der Waals surface area contributed by atoms with Crippen molar-refractivity contribution >= 4 is 11.6 Å². The first-order chi connectivity index (χ1) is 16.2. The predicted octanol–water partition coefficient (Wildman–Crippen LogP) is 3.96. The lowest BCUT2D eigenvalue weighted by atomic mass is 10.1. The molecule has 1 saturated heterocycles. The number of carbonyl (C=O) groups is 1. The molecule has 0 bridgehead atoms. The molecule has 8 nitrogen and oxygen atoms in total. The zero-order valence-corrected chi connectivity index (χ0v) is 17.8. The molecular weight excluding hydrogens is 427 g/mol. The first-order valence-electron chi connectivity index (χ1n) is 10.7. The monoisotopic (exact) mass is 450 g/mol. The average molecular weight is 450 g/mol. The number of nitrogens with one attached hydrogen (secondary N) is 1. The summed E-state index contributed by atoms with van der Waals surface area (Å²) in [6.45, 7) is 3.46. The fourth-order valence-electron chi connectivity index (χ4n) is 4.03. The van der Waals surface area contributed by atoms with Crippen molar-refractivity contribution in [2.24, 2.45) is 0 Å². The third-order valence-electron chi connectivity index (χ3n) is 5.78. The van der Waals surface area contributed by atoms with Gasteiger partial charge in [0.05, 0.1) is 18.6 Å². The van der Waals surface area contributed by atoms with Crippen molar-refractivity contribution in [3.63, 3.8) is 0 Å². The van der Waals surface area contributed by atoms with E-state index in [0.717, 1.165) is 37.6 Å². The Balaban J connectivity index is 1.23. The summed E-state index contributed by atoms with van der Waals surface area (Å²) in [6, 6.07) is 15.2. The molecule has 1 amide bonds. The summed E-state index contributed by atoms with van der Waals surface area (Å²) in [7, 11) is 0. The minimum atomic E-state index is -0.335. The molecular formula is C24H23FN4O4. The maximum atomic E-state index is 13.2. The number of carbonyl (C=O) groups excluding carboxylic acids is 1. The molecule has 5 rings (SSSR count). The van der Waals surface area contributed by atoms with E-state index in [2.05, 4.69) is 20.3 Å². The van der Waals surface area contributed by atoms with Gasteiger partial charge in [-0.2, -0.15) is 0 Å². The van der Waals surface area contributed by atoms with Crippen LogP contribution in [0.4, 0.5) is 10.1 Å². The highest BCUT2D eigenvalue weighted by molar-refractivity contribution is 5.92. The number of nitrogens with zero attached hydrogens (tertiary/aromatic N) is 3. The van der Waals surface area contributed by atoms with Gasteiger partial charge in [0.1, 0.15) is 11.6 Å². The summed E-state index contributed by atoms with van der Waals surface area (Å²) in [4.78, 5) is 17.2. The number of anilines is 1. The van der Waals surface area contributed by atoms with E-state index in [1.165, 1.54) is 18.4 Å². The van der Waals surface area contributed by atoms with E-state index in [9.17, 15) is 9.18 Å². The van der Waals surface area contributed by atoms with Crippen LogP contribution in [0.5, 0.6) is 0 Å². The predicted molar refractivity (Wildman–Crippen MR) is 118 cm³/mol. The molecule has 1 aromatic carbocycles. The van der Waals surface area contributed by atoms with Crippen molar-refractivity contribution in [1.82, 2.24) is 15.4 Å². The zero-order valence-electron chi connectivity index (χ0n) is 17.8. The lowest BCUT2D eigenvalue weighted by Crippen LogP contribution is -2.49. The average Bonchev–Trinajstić information content (AvgIpc) is 3.63. The molecule has 1 atom stereocenters. The van der Waals surface area contributed by atoms with Crippen LogP contribution in [0.15, 0.2) is 80.5 Å². The van der Waals surface area contributed by atoms with E-state index in [4.69, 9.17) is 13.4 Å². The summed E-state index contributed by atoms with van der Waals surface area (Å²) in [5.74, 6) is 1.10. The Hall–Kier alpha value is -3.85. The molecule has 1 aliphatic rings. The van der Waals surface area contributed by atoms with Gasteiger partial charge in [-0.15, -0.1) is 0 Å². The Morgan fingerprint density at radius 3 is 2.45 bits per heavy atom. The highest BCUT2D eigenvalue weighted by Crippen LogP contribution is 2.25. The second-order valence-electron chi connectivity index (χ2n) is 7.79. The fourth-order valence-corrected chi connectivity index (χ4v) is 4.03. The standard InChI is InChI=1S/C24H23FN4O4/c25-17-5-7-18(8-6-17)28-9-11-29(12-10-28)20(21-3-1-13-31-21)16-26-24(30)19-15-23(33-27-19)22-4-2-14-32-22/h1-8,13-15,20H,9-12,16H2,(H,26,30)/t20-/m1/s1. The van der Waals surface area contributed by atoms with Gasteiger partial charge >= 0.3 is 0 Å². The zero-order chi connectivity index (χ0) is 22.6. The lowest BCUT2D eigenvalue weighted by Gasteiger charge is -2.39. The van der Waals surface area contributed by atoms with Gasteiger partial charge in [0.25, 0.3) is 5.91 Å². The number of aromatic nitrogens is 1. The Morgan fingerprint density at radius 1 is 1.00 bits per heavy atom. The number of piperazine rings is 1. The van der Waals surface area contributed by atoms with Crippen molar-refractivity contribution in [2.75, 3.05) is 37.6 Å². The molecule has 1 aliphatic heterocycles. The normalized spacial score (nSPS) is 15.5. The maximum absolute atomic E-state index is 13.2. The van der Waals surface area contributed by atoms with Crippen LogP contribution in [0, 0.1) is 5.82 Å². The summed E-state index contributed by atoms with van der Waals surface area (Å²) in [5.41, 5.74) is 1.18. The third kappa shape index (κ3) is 4.68. The van der Waals surface area contributed by atoms with Crippen molar-refractivity contribution < 1.29 is 22.5 Å². The van der Waals surface area contributed by atoms with Crippen molar-refractivity contribution in [2.45, 2.75) is 6.04 Å². The van der Waals surface area contributed by atoms with Crippen molar-refractivity contribution in [1.29, 1.82) is 0 Å². The number of furan rings is 2. The van der Waals surface area contributed by atoms with E-state index in [1.807, 2.05) is 12.1 Å². The highest BCUT2D eigenvalue weighted by atomic mass is 19.1. The van der Waals surface area contributed by atoms with Crippen LogP contribution in [-0.2, 0) is 0 Å². The van der Waals surface area contributed by atoms with Crippen LogP contribution < -0.4 is 10.2 Å². The van der Waals surface area contributed by atoms with E-state index in [1.54, 1.807) is 36.6 Å². The molecule has 9 heteroatoms. The maximum Gasteiger partial charge on any atom is 0.273 e. The minimum absolute atomic E-state index is 0.129. The van der Waals surface area contributed by atoms with Crippen LogP contribution in [-0.4, -0.2) is 48.7 Å². The van der Waals surface area contributed by atoms with Gasteiger partial charge in [-0.25, -0.2) is 4.39 Å². The molecule has 1 fully saturated rings. The van der Waals surface area contributed by atoms with Gasteiger partial charge in [-0.05, 0) is 48.5 Å². The van der Waals surface area contributed by atoms with Crippen LogP contribution in [0.3, 0.4) is 0 Å². The fraction of sp³-hybridized carbons (Fsp3) is 0.250. The van der Waals surface area contributed by atoms with E-state index in [0.29, 0.717) is 18.1 Å². The first-order valence-corrected chi connectivity index (χ1v) is 10.7. The SMILES string of the molecule is O=C(NC[C@H](c1ccco1)N1CCN(c2ccc(F)cc2)CC1)c1cc(-c2ccco2)on1. The number of halogens is 1. The first kappa shape index (κ1) is 21.0. The molecule has 170 valence electrons. The largest absolute Gasteiger partial charge is 0.468 e. The summed E-state index contributed by atoms with van der Waals surface area (Å²) in [6.07, 6.45) is 3.16. The number of benzene rings is 1. The van der Waals surface area contributed by atoms with Crippen molar-refractivity contribution in [3.05, 3.63) is 84.4 Å². The van der Waals surface area contributed by atoms with Crippen LogP contribution in [0.1, 0.15) is 22.3 Å². The second kappa shape index (κ2) is 9.33. The van der Waals surface area contributed by atoms with Crippen LogP contribution in [0.25, 0.3) is 11.5 Å². The second-order valence-corrected chi connectivity index (χ2v) is 7.79. The number of hydrogen-bond donors (Lipinski definition) is 1. The Bertz CT molecular complexity index is 1160. The Morgan fingerprint density at radius 2 is 1.76 bits per heavy atom. The highest BCUT2D eigenvalue weighted by Gasteiger charge is 2.28. The van der Waals surface area contributed by atoms with Gasteiger partial charge in [0.2, 0.25) is 5.76 Å². The van der Waals surface area contributed by atoms with Gasteiger partial charge in [-0.1, -0.05) is 5.16 Å². The molecule has 0 unspecified atom stereocenters. The van der Waals surface area contributed by atoms with Crippen LogP contribution in [0.2, 0.25) is 0 Å². The molecule has 0 spiro atoms. The van der Waals surface area contributed by atoms with E-state index >= 15 is 0 Å². The molecule has 33 heavy (non-hydrogen) atoms. The van der Waals surface area contributed by atoms with Gasteiger partial charge < -0.3 is 23.6 Å². The number of amides is 1. The molecule has 4 aromatic rings. The van der Waals surface area contributed by atoms with Gasteiger partial charge in [-0.3, -0.25) is 9.69 Å². The summed E-state index contributed by atoms with van der Waals surface area (Å²) < 4.78 is 29.4. The molecule has 0 saturated carbocycles. The molecule has 0 radical (unpaired) electrons. The van der Waals surface area contributed by atoms with Crippen molar-refractivity contribution in [3.8, 4) is 11.5 Å². The van der Waals surface area contributed by atoms with Gasteiger partial charge in [0.15, 0.2) is 11.5 Å². The van der Waals surface area contributed by atoms with Crippen LogP contribution >= 0.6 is 0 Å². The quantitative estimate of drug-likeness (QED) is 0.456. The van der Waals surface area contributed by atoms with E-state index in [-0.39, 0.29) is 23.5 Å². The summed E-state index contributed by atoms with van der Waals surface area (Å²) in [5, 5.41) is 6.80.